The molecule has 1 aromatic carbocycles. The van der Waals surface area contributed by atoms with Gasteiger partial charge in [0.15, 0.2) is 0 Å². The van der Waals surface area contributed by atoms with Gasteiger partial charge in [-0.05, 0) is 67.4 Å². The molecule has 3 unspecified atom stereocenters. The topological polar surface area (TPSA) is 41.1 Å². The van der Waals surface area contributed by atoms with Gasteiger partial charge < -0.3 is 10.6 Å². The first-order chi connectivity index (χ1) is 11.1. The second kappa shape index (κ2) is 7.18. The number of rotatable bonds is 2. The Bertz CT molecular complexity index is 635. The number of amides is 1. The summed E-state index contributed by atoms with van der Waals surface area (Å²) in [5, 5.41) is 6.80. The van der Waals surface area contributed by atoms with E-state index >= 15 is 0 Å². The first-order valence-electron chi connectivity index (χ1n) is 8.52. The minimum absolute atomic E-state index is 0. The normalized spacial score (nSPS) is 30.2. The Kier molecular flexibility index (Phi) is 5.55. The van der Waals surface area contributed by atoms with E-state index in [1.807, 2.05) is 11.8 Å². The monoisotopic (exact) mass is 430 g/mol. The molecule has 4 rings (SSSR count). The van der Waals surface area contributed by atoms with Crippen molar-refractivity contribution in [2.24, 2.45) is 17.3 Å². The average molecular weight is 432 g/mol. The lowest BCUT2D eigenvalue weighted by Crippen LogP contribution is -2.38. The Labute approximate surface area is 162 Å². The lowest BCUT2D eigenvalue weighted by molar-refractivity contribution is -0.124. The van der Waals surface area contributed by atoms with Gasteiger partial charge in [0, 0.05) is 21.0 Å². The maximum absolute atomic E-state index is 12.8. The van der Waals surface area contributed by atoms with E-state index in [0.717, 1.165) is 42.6 Å². The number of hydrogen-bond acceptors (Lipinski definition) is 3. The summed E-state index contributed by atoms with van der Waals surface area (Å²) in [6, 6.07) is 6.58. The zero-order valence-corrected chi connectivity index (χ0v) is 17.0. The molecule has 1 spiro atoms. The standard InChI is InChI=1S/C18H23BrN2OS.ClH/c1-11-10-23-15-3-2-12(19)8-13(15)16(11)21-17(22)14-9-18(14)4-6-20-7-5-18;/h2-3,8,11,14,16,20H,4-7,9-10H2,1H3,(H,21,22);1H. The fourth-order valence-electron chi connectivity index (χ4n) is 4.19. The molecule has 2 heterocycles. The van der Waals surface area contributed by atoms with Crippen LogP contribution in [0.25, 0.3) is 0 Å². The van der Waals surface area contributed by atoms with Crippen molar-refractivity contribution < 1.29 is 4.79 Å². The van der Waals surface area contributed by atoms with E-state index in [2.05, 4.69) is 51.7 Å². The number of benzene rings is 1. The molecule has 2 N–H and O–H groups in total. The van der Waals surface area contributed by atoms with Gasteiger partial charge in [-0.25, -0.2) is 0 Å². The van der Waals surface area contributed by atoms with Crippen LogP contribution in [-0.2, 0) is 4.79 Å². The highest BCUT2D eigenvalue weighted by molar-refractivity contribution is 9.10. The number of hydrogen-bond donors (Lipinski definition) is 2. The largest absolute Gasteiger partial charge is 0.349 e. The molecule has 24 heavy (non-hydrogen) atoms. The van der Waals surface area contributed by atoms with Crippen LogP contribution in [0, 0.1) is 17.3 Å². The van der Waals surface area contributed by atoms with Crippen LogP contribution >= 0.6 is 40.1 Å². The smallest absolute Gasteiger partial charge is 0.224 e. The van der Waals surface area contributed by atoms with Crippen molar-refractivity contribution in [2.75, 3.05) is 18.8 Å². The number of nitrogens with one attached hydrogen (secondary N) is 2. The molecule has 3 atom stereocenters. The third-order valence-corrected chi connectivity index (χ3v) is 7.65. The summed E-state index contributed by atoms with van der Waals surface area (Å²) in [6.07, 6.45) is 3.40. The van der Waals surface area contributed by atoms with Crippen molar-refractivity contribution in [3.05, 3.63) is 28.2 Å². The van der Waals surface area contributed by atoms with Gasteiger partial charge >= 0.3 is 0 Å². The molecule has 1 aromatic rings. The van der Waals surface area contributed by atoms with Crippen molar-refractivity contribution in [3.8, 4) is 0 Å². The van der Waals surface area contributed by atoms with Crippen LogP contribution in [0.5, 0.6) is 0 Å². The van der Waals surface area contributed by atoms with Crippen molar-refractivity contribution in [1.82, 2.24) is 10.6 Å². The summed E-state index contributed by atoms with van der Waals surface area (Å²) in [4.78, 5) is 14.1. The zero-order valence-electron chi connectivity index (χ0n) is 13.8. The summed E-state index contributed by atoms with van der Waals surface area (Å²) >= 11 is 5.48. The maximum atomic E-state index is 12.8. The molecule has 0 aromatic heterocycles. The van der Waals surface area contributed by atoms with E-state index in [4.69, 9.17) is 0 Å². The van der Waals surface area contributed by atoms with Crippen molar-refractivity contribution >= 4 is 46.0 Å². The Balaban J connectivity index is 0.00000169. The van der Waals surface area contributed by atoms with Crippen molar-refractivity contribution in [2.45, 2.75) is 37.1 Å². The van der Waals surface area contributed by atoms with Gasteiger partial charge in [-0.3, -0.25) is 4.79 Å². The van der Waals surface area contributed by atoms with Crippen molar-refractivity contribution in [3.63, 3.8) is 0 Å². The van der Waals surface area contributed by atoms with E-state index in [1.165, 1.54) is 10.5 Å². The number of fused-ring (bicyclic) bond motifs is 1. The third kappa shape index (κ3) is 3.37. The van der Waals surface area contributed by atoms with Crippen LogP contribution in [0.15, 0.2) is 27.6 Å². The van der Waals surface area contributed by atoms with Gasteiger partial charge in [0.05, 0.1) is 6.04 Å². The molecule has 6 heteroatoms. The Morgan fingerprint density at radius 1 is 1.38 bits per heavy atom. The molecule has 3 nitrogen and oxygen atoms in total. The van der Waals surface area contributed by atoms with Gasteiger partial charge in [0.1, 0.15) is 0 Å². The summed E-state index contributed by atoms with van der Waals surface area (Å²) in [5.74, 6) is 2.05. The van der Waals surface area contributed by atoms with Gasteiger partial charge in [0.25, 0.3) is 0 Å². The average Bonchev–Trinajstić information content (AvgIpc) is 3.24. The highest BCUT2D eigenvalue weighted by Gasteiger charge is 2.57. The summed E-state index contributed by atoms with van der Waals surface area (Å²) < 4.78 is 1.09. The molecule has 1 aliphatic carbocycles. The molecule has 1 saturated carbocycles. The minimum Gasteiger partial charge on any atom is -0.349 e. The molecule has 1 saturated heterocycles. The Morgan fingerprint density at radius 2 is 2.12 bits per heavy atom. The van der Waals surface area contributed by atoms with Crippen LogP contribution in [-0.4, -0.2) is 24.7 Å². The molecule has 3 aliphatic rings. The summed E-state index contributed by atoms with van der Waals surface area (Å²) in [6.45, 7) is 4.38. The molecule has 2 aliphatic heterocycles. The molecule has 2 fully saturated rings. The predicted molar refractivity (Wildman–Crippen MR) is 105 cm³/mol. The lowest BCUT2D eigenvalue weighted by atomic mass is 9.91. The van der Waals surface area contributed by atoms with Crippen molar-refractivity contribution in [1.29, 1.82) is 0 Å². The van der Waals surface area contributed by atoms with Gasteiger partial charge in [-0.15, -0.1) is 24.2 Å². The number of thioether (sulfide) groups is 1. The highest BCUT2D eigenvalue weighted by Crippen LogP contribution is 2.58. The molecule has 0 radical (unpaired) electrons. The first kappa shape index (κ1) is 18.6. The van der Waals surface area contributed by atoms with E-state index in [-0.39, 0.29) is 30.3 Å². The molecule has 1 amide bonds. The van der Waals surface area contributed by atoms with Gasteiger partial charge in [-0.1, -0.05) is 22.9 Å². The van der Waals surface area contributed by atoms with Crippen LogP contribution in [0.4, 0.5) is 0 Å². The molecule has 0 bridgehead atoms. The van der Waals surface area contributed by atoms with E-state index in [1.54, 1.807) is 0 Å². The fourth-order valence-corrected chi connectivity index (χ4v) is 5.72. The SMILES string of the molecule is CC1CSc2ccc(Br)cc2C1NC(=O)C1CC12CCNCC2.Cl. The minimum atomic E-state index is 0. The van der Waals surface area contributed by atoms with Gasteiger partial charge in [-0.2, -0.15) is 0 Å². The lowest BCUT2D eigenvalue weighted by Gasteiger charge is -2.32. The van der Waals surface area contributed by atoms with Crippen LogP contribution in [0.2, 0.25) is 0 Å². The van der Waals surface area contributed by atoms with E-state index < -0.39 is 0 Å². The Morgan fingerprint density at radius 3 is 2.88 bits per heavy atom. The quantitative estimate of drug-likeness (QED) is 0.739. The van der Waals surface area contributed by atoms with Crippen LogP contribution in [0.3, 0.4) is 0 Å². The van der Waals surface area contributed by atoms with Crippen LogP contribution in [0.1, 0.15) is 37.8 Å². The highest BCUT2D eigenvalue weighted by atomic mass is 79.9. The number of carbonyl (C=O) groups is 1. The predicted octanol–water partition coefficient (Wildman–Crippen LogP) is 4.16. The van der Waals surface area contributed by atoms with E-state index in [9.17, 15) is 4.79 Å². The Hall–Kier alpha value is -0.230. The number of halogens is 2. The van der Waals surface area contributed by atoms with E-state index in [0.29, 0.717) is 11.3 Å². The molecular weight excluding hydrogens is 408 g/mol. The first-order valence-corrected chi connectivity index (χ1v) is 10.3. The second-order valence-corrected chi connectivity index (χ2v) is 9.30. The number of carbonyl (C=O) groups excluding carboxylic acids is 1. The fraction of sp³-hybridized carbons (Fsp3) is 0.611. The summed E-state index contributed by atoms with van der Waals surface area (Å²) in [7, 11) is 0. The zero-order chi connectivity index (χ0) is 16.0. The second-order valence-electron chi connectivity index (χ2n) is 7.33. The third-order valence-electron chi connectivity index (χ3n) is 5.78. The summed E-state index contributed by atoms with van der Waals surface area (Å²) in [5.41, 5.74) is 1.58. The maximum Gasteiger partial charge on any atom is 0.224 e. The van der Waals surface area contributed by atoms with Gasteiger partial charge in [0.2, 0.25) is 5.91 Å². The van der Waals surface area contributed by atoms with Crippen LogP contribution < -0.4 is 10.6 Å². The molecule has 132 valence electrons. The number of piperidine rings is 1. The molecular formula is C18H24BrClN2OS.